The molecular formula is C26H32N6O3. The third-order valence-corrected chi connectivity index (χ3v) is 7.08. The number of hydrogen-bond donors (Lipinski definition) is 3. The van der Waals surface area contributed by atoms with E-state index in [-0.39, 0.29) is 24.3 Å². The molecule has 35 heavy (non-hydrogen) atoms. The summed E-state index contributed by atoms with van der Waals surface area (Å²) < 4.78 is 1.84. The molecule has 2 amide bonds. The van der Waals surface area contributed by atoms with E-state index in [1.807, 2.05) is 41.9 Å². The summed E-state index contributed by atoms with van der Waals surface area (Å²) in [5, 5.41) is 16.4. The van der Waals surface area contributed by atoms with Crippen molar-refractivity contribution in [3.63, 3.8) is 0 Å². The van der Waals surface area contributed by atoms with Gasteiger partial charge in [0.15, 0.2) is 0 Å². The highest BCUT2D eigenvalue weighted by Gasteiger charge is 2.41. The van der Waals surface area contributed by atoms with E-state index in [1.54, 1.807) is 18.5 Å². The van der Waals surface area contributed by atoms with Crippen molar-refractivity contribution in [1.29, 1.82) is 0 Å². The van der Waals surface area contributed by atoms with Gasteiger partial charge in [-0.1, -0.05) is 37.5 Å². The molecule has 1 unspecified atom stereocenters. The summed E-state index contributed by atoms with van der Waals surface area (Å²) in [6.45, 7) is 0.332. The minimum absolute atomic E-state index is 0.0826. The SMILES string of the molecule is Cn1c(N(C(=O)[C@H]2C[C@@H](O)CN2)C(C(=O)NC2CCCCC2)c2cccnc2)nc2ccccc21. The fraction of sp³-hybridized carbons (Fsp3) is 0.462. The topological polar surface area (TPSA) is 112 Å². The van der Waals surface area contributed by atoms with Crippen LogP contribution < -0.4 is 15.5 Å². The van der Waals surface area contributed by atoms with E-state index < -0.39 is 18.2 Å². The predicted molar refractivity (Wildman–Crippen MR) is 133 cm³/mol. The quantitative estimate of drug-likeness (QED) is 0.503. The van der Waals surface area contributed by atoms with E-state index in [0.29, 0.717) is 18.1 Å². The van der Waals surface area contributed by atoms with Gasteiger partial charge in [-0.25, -0.2) is 4.98 Å². The Hall–Kier alpha value is -3.30. The maximum atomic E-state index is 14.0. The predicted octanol–water partition coefficient (Wildman–Crippen LogP) is 2.21. The molecule has 0 bridgehead atoms. The number of carbonyl (C=O) groups excluding carboxylic acids is 2. The van der Waals surface area contributed by atoms with Crippen molar-refractivity contribution in [2.24, 2.45) is 7.05 Å². The number of rotatable bonds is 6. The molecule has 9 nitrogen and oxygen atoms in total. The summed E-state index contributed by atoms with van der Waals surface area (Å²) >= 11 is 0. The largest absolute Gasteiger partial charge is 0.392 e. The highest BCUT2D eigenvalue weighted by Crippen LogP contribution is 2.32. The van der Waals surface area contributed by atoms with Crippen LogP contribution >= 0.6 is 0 Å². The van der Waals surface area contributed by atoms with E-state index in [1.165, 1.54) is 11.3 Å². The number of amides is 2. The lowest BCUT2D eigenvalue weighted by molar-refractivity contribution is -0.128. The molecular weight excluding hydrogens is 444 g/mol. The van der Waals surface area contributed by atoms with Gasteiger partial charge < -0.3 is 20.3 Å². The Morgan fingerprint density at radius 2 is 1.97 bits per heavy atom. The summed E-state index contributed by atoms with van der Waals surface area (Å²) in [6, 6.07) is 9.74. The van der Waals surface area contributed by atoms with Crippen molar-refractivity contribution >= 4 is 28.8 Å². The molecule has 1 aliphatic carbocycles. The second-order valence-corrected chi connectivity index (χ2v) is 9.55. The van der Waals surface area contributed by atoms with Crippen LogP contribution in [0.25, 0.3) is 11.0 Å². The standard InChI is InChI=1S/C26H32N6O3/c1-31-22-12-6-5-11-20(22)30-26(31)32(25(35)21-14-19(33)16-28-21)23(17-8-7-13-27-15-17)24(34)29-18-9-3-2-4-10-18/h5-8,11-13,15,18-19,21,23,28,33H,2-4,9-10,14,16H2,1H3,(H,29,34)/t19-,21-,23?/m1/s1. The number of β-amino-alcohol motifs (C(OH)–C–C–N with tert-alkyl or cyclic N) is 1. The van der Waals surface area contributed by atoms with Crippen molar-refractivity contribution in [2.45, 2.75) is 62.8 Å². The van der Waals surface area contributed by atoms with Gasteiger partial charge in [-0.05, 0) is 37.5 Å². The Bertz CT molecular complexity index is 1190. The van der Waals surface area contributed by atoms with E-state index in [2.05, 4.69) is 15.6 Å². The van der Waals surface area contributed by atoms with Crippen LogP contribution in [0.3, 0.4) is 0 Å². The maximum absolute atomic E-state index is 14.0. The first-order chi connectivity index (χ1) is 17.0. The molecule has 5 rings (SSSR count). The fourth-order valence-corrected chi connectivity index (χ4v) is 5.25. The number of aryl methyl sites for hydroxylation is 1. The number of hydrogen-bond acceptors (Lipinski definition) is 6. The molecule has 9 heteroatoms. The van der Waals surface area contributed by atoms with E-state index in [0.717, 1.165) is 36.7 Å². The molecule has 1 saturated carbocycles. The van der Waals surface area contributed by atoms with Crippen LogP contribution in [0.15, 0.2) is 48.8 Å². The number of aliphatic hydroxyl groups excluding tert-OH is 1. The highest BCUT2D eigenvalue weighted by atomic mass is 16.3. The van der Waals surface area contributed by atoms with Crippen molar-refractivity contribution in [1.82, 2.24) is 25.2 Å². The average Bonchev–Trinajstić information content (AvgIpc) is 3.46. The first-order valence-electron chi connectivity index (χ1n) is 12.4. The monoisotopic (exact) mass is 476 g/mol. The van der Waals surface area contributed by atoms with E-state index >= 15 is 0 Å². The van der Waals surface area contributed by atoms with Crippen LogP contribution in [-0.4, -0.2) is 56.2 Å². The summed E-state index contributed by atoms with van der Waals surface area (Å²) in [7, 11) is 1.85. The van der Waals surface area contributed by atoms with Crippen molar-refractivity contribution in [3.05, 3.63) is 54.4 Å². The first-order valence-corrected chi connectivity index (χ1v) is 12.4. The number of nitrogens with one attached hydrogen (secondary N) is 2. The van der Waals surface area contributed by atoms with Crippen LogP contribution in [0.1, 0.15) is 50.1 Å². The van der Waals surface area contributed by atoms with Crippen LogP contribution in [0.5, 0.6) is 0 Å². The molecule has 0 radical (unpaired) electrons. The molecule has 2 fully saturated rings. The number of para-hydroxylation sites is 2. The molecule has 1 saturated heterocycles. The average molecular weight is 477 g/mol. The summed E-state index contributed by atoms with van der Waals surface area (Å²) in [6.07, 6.45) is 8.16. The minimum Gasteiger partial charge on any atom is -0.392 e. The number of benzene rings is 1. The van der Waals surface area contributed by atoms with Gasteiger partial charge in [-0.15, -0.1) is 0 Å². The third-order valence-electron chi connectivity index (χ3n) is 7.08. The Morgan fingerprint density at radius 3 is 2.66 bits per heavy atom. The van der Waals surface area contributed by atoms with Crippen LogP contribution in [-0.2, 0) is 16.6 Å². The zero-order valence-electron chi connectivity index (χ0n) is 19.9. The lowest BCUT2D eigenvalue weighted by atomic mass is 9.94. The Morgan fingerprint density at radius 1 is 1.17 bits per heavy atom. The second kappa shape index (κ2) is 10.1. The van der Waals surface area contributed by atoms with Gasteiger partial charge in [0.1, 0.15) is 6.04 Å². The number of imidazole rings is 1. The van der Waals surface area contributed by atoms with Gasteiger partial charge >= 0.3 is 0 Å². The minimum atomic E-state index is -0.951. The fourth-order valence-electron chi connectivity index (χ4n) is 5.25. The van der Waals surface area contributed by atoms with Gasteiger partial charge in [0.2, 0.25) is 17.8 Å². The molecule has 184 valence electrons. The van der Waals surface area contributed by atoms with Gasteiger partial charge in [0.25, 0.3) is 0 Å². The van der Waals surface area contributed by atoms with Gasteiger partial charge in [0.05, 0.1) is 23.2 Å². The number of pyridine rings is 1. The lowest BCUT2D eigenvalue weighted by Crippen LogP contribution is -2.52. The van der Waals surface area contributed by atoms with E-state index in [4.69, 9.17) is 4.98 Å². The third kappa shape index (κ3) is 4.78. The number of carbonyl (C=O) groups is 2. The maximum Gasteiger partial charge on any atom is 0.248 e. The van der Waals surface area contributed by atoms with Gasteiger partial charge in [0, 0.05) is 37.6 Å². The summed E-state index contributed by atoms with van der Waals surface area (Å²) in [4.78, 5) is 38.4. The Kier molecular flexibility index (Phi) is 6.79. The molecule has 3 atom stereocenters. The molecule has 1 aliphatic heterocycles. The molecule has 3 heterocycles. The van der Waals surface area contributed by atoms with E-state index in [9.17, 15) is 14.7 Å². The van der Waals surface area contributed by atoms with Crippen LogP contribution in [0.2, 0.25) is 0 Å². The van der Waals surface area contributed by atoms with Gasteiger partial charge in [-0.2, -0.15) is 0 Å². The number of nitrogens with zero attached hydrogens (tertiary/aromatic N) is 4. The molecule has 2 aliphatic rings. The van der Waals surface area contributed by atoms with Crippen LogP contribution in [0, 0.1) is 0 Å². The number of aliphatic hydroxyl groups is 1. The summed E-state index contributed by atoms with van der Waals surface area (Å²) in [5.41, 5.74) is 2.21. The molecule has 1 aromatic carbocycles. The number of anilines is 1. The highest BCUT2D eigenvalue weighted by molar-refractivity contribution is 6.03. The van der Waals surface area contributed by atoms with Crippen LogP contribution in [0.4, 0.5) is 5.95 Å². The molecule has 3 N–H and O–H groups in total. The first kappa shape index (κ1) is 23.4. The normalized spacial score (nSPS) is 21.7. The second-order valence-electron chi connectivity index (χ2n) is 9.55. The Labute approximate surface area is 204 Å². The zero-order valence-corrected chi connectivity index (χ0v) is 19.9. The van der Waals surface area contributed by atoms with Gasteiger partial charge in [-0.3, -0.25) is 19.5 Å². The molecule has 0 spiro atoms. The Balaban J connectivity index is 1.60. The smallest absolute Gasteiger partial charge is 0.248 e. The molecule has 3 aromatic rings. The van der Waals surface area contributed by atoms with Crippen molar-refractivity contribution in [2.75, 3.05) is 11.4 Å². The lowest BCUT2D eigenvalue weighted by Gasteiger charge is -2.33. The zero-order chi connectivity index (χ0) is 24.4. The van der Waals surface area contributed by atoms with Crippen molar-refractivity contribution in [3.8, 4) is 0 Å². The number of aromatic nitrogens is 3. The summed E-state index contributed by atoms with van der Waals surface area (Å²) in [5.74, 6) is -0.163. The number of fused-ring (bicyclic) bond motifs is 1. The van der Waals surface area contributed by atoms with Crippen molar-refractivity contribution < 1.29 is 14.7 Å². The molecule has 2 aromatic heterocycles.